The lowest BCUT2D eigenvalue weighted by atomic mass is 10.1. The van der Waals surface area contributed by atoms with E-state index in [4.69, 9.17) is 0 Å². The number of carboxylic acids is 1. The fourth-order valence-corrected chi connectivity index (χ4v) is 4.66. The first-order valence-electron chi connectivity index (χ1n) is 11.3. The molecule has 1 aromatic carbocycles. The van der Waals surface area contributed by atoms with Gasteiger partial charge in [-0.1, -0.05) is 6.07 Å². The number of aromatic carboxylic acids is 1. The maximum atomic E-state index is 12.8. The number of carbonyl (C=O) groups is 2. The number of nitrogens with one attached hydrogen (secondary N) is 1. The number of nitrogens with zero attached hydrogens (tertiary/aromatic N) is 4. The molecule has 1 aliphatic carbocycles. The van der Waals surface area contributed by atoms with Gasteiger partial charge in [0.1, 0.15) is 5.56 Å². The zero-order valence-electron chi connectivity index (χ0n) is 18.2. The highest BCUT2D eigenvalue weighted by Gasteiger charge is 2.20. The molecule has 5 rings (SSSR count). The molecule has 33 heavy (non-hydrogen) atoms. The van der Waals surface area contributed by atoms with Crippen molar-refractivity contribution in [2.24, 2.45) is 0 Å². The Morgan fingerprint density at radius 3 is 2.76 bits per heavy atom. The molecule has 3 aromatic rings. The van der Waals surface area contributed by atoms with Gasteiger partial charge in [-0.2, -0.15) is 4.98 Å². The summed E-state index contributed by atoms with van der Waals surface area (Å²) in [4.78, 5) is 46.9. The molecule has 0 bridgehead atoms. The SMILES string of the molecule is O=C(O)c1cn(-c2ccc3c(c2)CCC3)c2nc(NCCCN3CCCC3=O)ncc2c1=O. The summed E-state index contributed by atoms with van der Waals surface area (Å²) in [6, 6.07) is 6.03. The number of likely N-dealkylation sites (tertiary alicyclic amines) is 1. The van der Waals surface area contributed by atoms with Gasteiger partial charge in [-0.15, -0.1) is 0 Å². The third-order valence-corrected chi connectivity index (χ3v) is 6.39. The fourth-order valence-electron chi connectivity index (χ4n) is 4.66. The number of carbonyl (C=O) groups excluding carboxylic acids is 1. The first kappa shape index (κ1) is 21.1. The van der Waals surface area contributed by atoms with Gasteiger partial charge in [-0.3, -0.25) is 9.59 Å². The van der Waals surface area contributed by atoms with Gasteiger partial charge in [0.25, 0.3) is 0 Å². The van der Waals surface area contributed by atoms with Gasteiger partial charge in [0.2, 0.25) is 17.3 Å². The van der Waals surface area contributed by atoms with E-state index >= 15 is 0 Å². The Morgan fingerprint density at radius 1 is 1.12 bits per heavy atom. The standard InChI is InChI=1S/C24H25N5O4/c30-20-6-2-10-28(20)11-3-9-25-24-26-13-18-21(31)19(23(32)33)14-29(22(18)27-24)17-8-7-15-4-1-5-16(15)12-17/h7-8,12-14H,1-6,9-11H2,(H,32,33)(H,25,26,27). The average molecular weight is 447 g/mol. The number of rotatable bonds is 7. The number of aryl methyl sites for hydroxylation is 2. The minimum Gasteiger partial charge on any atom is -0.477 e. The van der Waals surface area contributed by atoms with Crippen LogP contribution in [0.5, 0.6) is 0 Å². The lowest BCUT2D eigenvalue weighted by molar-refractivity contribution is -0.127. The molecule has 0 spiro atoms. The predicted octanol–water partition coefficient (Wildman–Crippen LogP) is 2.39. The average Bonchev–Trinajstić information content (AvgIpc) is 3.45. The van der Waals surface area contributed by atoms with E-state index in [0.717, 1.165) is 44.3 Å². The van der Waals surface area contributed by atoms with Crippen LogP contribution < -0.4 is 10.7 Å². The number of pyridine rings is 1. The Kier molecular flexibility index (Phi) is 5.53. The summed E-state index contributed by atoms with van der Waals surface area (Å²) < 4.78 is 1.66. The van der Waals surface area contributed by atoms with Crippen molar-refractivity contribution in [1.82, 2.24) is 19.4 Å². The van der Waals surface area contributed by atoms with Gasteiger partial charge in [0, 0.05) is 44.1 Å². The molecule has 0 atom stereocenters. The molecule has 1 saturated heterocycles. The number of hydrogen-bond donors (Lipinski definition) is 2. The molecule has 0 saturated carbocycles. The Balaban J connectivity index is 1.47. The zero-order chi connectivity index (χ0) is 22.9. The summed E-state index contributed by atoms with van der Waals surface area (Å²) in [5, 5.41) is 12.9. The number of fused-ring (bicyclic) bond motifs is 2. The lowest BCUT2D eigenvalue weighted by Crippen LogP contribution is -2.27. The van der Waals surface area contributed by atoms with Gasteiger partial charge in [-0.05, 0) is 55.4 Å². The van der Waals surface area contributed by atoms with Crippen molar-refractivity contribution in [3.8, 4) is 5.69 Å². The van der Waals surface area contributed by atoms with Crippen LogP contribution in [0.15, 0.2) is 35.4 Å². The van der Waals surface area contributed by atoms with Crippen molar-refractivity contribution < 1.29 is 14.7 Å². The van der Waals surface area contributed by atoms with E-state index in [2.05, 4.69) is 21.4 Å². The summed E-state index contributed by atoms with van der Waals surface area (Å²) in [7, 11) is 0. The summed E-state index contributed by atoms with van der Waals surface area (Å²) >= 11 is 0. The molecule has 2 aromatic heterocycles. The van der Waals surface area contributed by atoms with Crippen LogP contribution in [0, 0.1) is 0 Å². The summed E-state index contributed by atoms with van der Waals surface area (Å²) in [6.45, 7) is 2.07. The highest BCUT2D eigenvalue weighted by atomic mass is 16.4. The van der Waals surface area contributed by atoms with Gasteiger partial charge in [-0.25, -0.2) is 9.78 Å². The molecular formula is C24H25N5O4. The quantitative estimate of drug-likeness (QED) is 0.534. The van der Waals surface area contributed by atoms with E-state index < -0.39 is 11.4 Å². The second-order valence-corrected chi connectivity index (χ2v) is 8.55. The molecule has 2 N–H and O–H groups in total. The molecule has 2 aliphatic rings. The van der Waals surface area contributed by atoms with Gasteiger partial charge < -0.3 is 19.9 Å². The molecule has 170 valence electrons. The fraction of sp³-hybridized carbons (Fsp3) is 0.375. The Hall–Kier alpha value is -3.75. The molecule has 1 fully saturated rings. The van der Waals surface area contributed by atoms with Crippen LogP contribution in [0.4, 0.5) is 5.95 Å². The second kappa shape index (κ2) is 8.65. The van der Waals surface area contributed by atoms with Crippen LogP contribution in [0.1, 0.15) is 47.2 Å². The second-order valence-electron chi connectivity index (χ2n) is 8.55. The van der Waals surface area contributed by atoms with E-state index in [-0.39, 0.29) is 16.9 Å². The first-order chi connectivity index (χ1) is 16.0. The van der Waals surface area contributed by atoms with Crippen LogP contribution in [0.2, 0.25) is 0 Å². The number of hydrogen-bond acceptors (Lipinski definition) is 6. The topological polar surface area (TPSA) is 117 Å². The van der Waals surface area contributed by atoms with Gasteiger partial charge in [0.05, 0.1) is 5.39 Å². The lowest BCUT2D eigenvalue weighted by Gasteiger charge is -2.16. The summed E-state index contributed by atoms with van der Waals surface area (Å²) in [5.74, 6) is -0.729. The minimum absolute atomic E-state index is 0.156. The third kappa shape index (κ3) is 4.06. The number of carboxylic acid groups (broad SMARTS) is 1. The van der Waals surface area contributed by atoms with Crippen molar-refractivity contribution in [1.29, 1.82) is 0 Å². The normalized spacial score (nSPS) is 15.3. The van der Waals surface area contributed by atoms with E-state index in [9.17, 15) is 19.5 Å². The van der Waals surface area contributed by atoms with E-state index in [1.54, 1.807) is 4.57 Å². The first-order valence-corrected chi connectivity index (χ1v) is 11.3. The maximum Gasteiger partial charge on any atom is 0.341 e. The van der Waals surface area contributed by atoms with E-state index in [1.807, 2.05) is 17.0 Å². The van der Waals surface area contributed by atoms with Crippen molar-refractivity contribution in [3.05, 3.63) is 57.5 Å². The third-order valence-electron chi connectivity index (χ3n) is 6.39. The van der Waals surface area contributed by atoms with Crippen molar-refractivity contribution in [2.45, 2.75) is 38.5 Å². The minimum atomic E-state index is -1.28. The van der Waals surface area contributed by atoms with E-state index in [1.165, 1.54) is 23.5 Å². The van der Waals surface area contributed by atoms with Gasteiger partial charge in [0.15, 0.2) is 5.65 Å². The van der Waals surface area contributed by atoms with Crippen LogP contribution in [-0.4, -0.2) is 56.1 Å². The predicted molar refractivity (Wildman–Crippen MR) is 123 cm³/mol. The number of aromatic nitrogens is 3. The van der Waals surface area contributed by atoms with Gasteiger partial charge >= 0.3 is 5.97 Å². The Labute approximate surface area is 190 Å². The molecular weight excluding hydrogens is 422 g/mol. The van der Waals surface area contributed by atoms with Crippen molar-refractivity contribution in [2.75, 3.05) is 25.0 Å². The zero-order valence-corrected chi connectivity index (χ0v) is 18.2. The molecule has 3 heterocycles. The highest BCUT2D eigenvalue weighted by Crippen LogP contribution is 2.26. The monoisotopic (exact) mass is 447 g/mol. The Bertz CT molecular complexity index is 1320. The van der Waals surface area contributed by atoms with Crippen LogP contribution >= 0.6 is 0 Å². The Morgan fingerprint density at radius 2 is 1.97 bits per heavy atom. The number of amides is 1. The molecule has 1 aliphatic heterocycles. The smallest absolute Gasteiger partial charge is 0.341 e. The molecule has 9 nitrogen and oxygen atoms in total. The van der Waals surface area contributed by atoms with Crippen LogP contribution in [0.3, 0.4) is 0 Å². The largest absolute Gasteiger partial charge is 0.477 e. The highest BCUT2D eigenvalue weighted by molar-refractivity contribution is 5.92. The molecule has 1 amide bonds. The maximum absolute atomic E-state index is 12.8. The molecule has 0 unspecified atom stereocenters. The van der Waals surface area contributed by atoms with Crippen LogP contribution in [0.25, 0.3) is 16.7 Å². The van der Waals surface area contributed by atoms with E-state index in [0.29, 0.717) is 31.1 Å². The summed E-state index contributed by atoms with van der Waals surface area (Å²) in [5.41, 5.74) is 2.74. The van der Waals surface area contributed by atoms with Crippen molar-refractivity contribution >= 4 is 28.9 Å². The summed E-state index contributed by atoms with van der Waals surface area (Å²) in [6.07, 6.45) is 8.14. The van der Waals surface area contributed by atoms with Crippen LogP contribution in [-0.2, 0) is 17.6 Å². The van der Waals surface area contributed by atoms with Crippen molar-refractivity contribution in [3.63, 3.8) is 0 Å². The molecule has 9 heteroatoms. The number of anilines is 1. The number of benzene rings is 1. The molecule has 0 radical (unpaired) electrons.